The standard InChI is InChI=1S/C14H8O2/c1-3-10-5-7-15-13(10)12-9(1)2-4-11-6-8-16-14(11)12/h1-8H. The first-order valence-electron chi connectivity index (χ1n) is 5.20. The van der Waals surface area contributed by atoms with Gasteiger partial charge in [0, 0.05) is 10.8 Å². The summed E-state index contributed by atoms with van der Waals surface area (Å²) in [5.74, 6) is 0. The number of hydrogen-bond acceptors (Lipinski definition) is 2. The van der Waals surface area contributed by atoms with Crippen LogP contribution in [0.4, 0.5) is 0 Å². The van der Waals surface area contributed by atoms with E-state index in [0.29, 0.717) is 0 Å². The molecule has 2 aromatic carbocycles. The first-order valence-corrected chi connectivity index (χ1v) is 5.20. The Morgan fingerprint density at radius 2 is 1.06 bits per heavy atom. The molecule has 0 aliphatic heterocycles. The molecule has 0 saturated heterocycles. The van der Waals surface area contributed by atoms with Crippen molar-refractivity contribution in [2.24, 2.45) is 0 Å². The summed E-state index contributed by atoms with van der Waals surface area (Å²) in [6.45, 7) is 0. The van der Waals surface area contributed by atoms with Gasteiger partial charge in [0.15, 0.2) is 0 Å². The molecule has 0 amide bonds. The largest absolute Gasteiger partial charge is 0.464 e. The smallest absolute Gasteiger partial charge is 0.145 e. The summed E-state index contributed by atoms with van der Waals surface area (Å²) in [4.78, 5) is 0. The molecule has 16 heavy (non-hydrogen) atoms. The molecule has 2 nitrogen and oxygen atoms in total. The molecule has 4 rings (SSSR count). The zero-order valence-electron chi connectivity index (χ0n) is 8.44. The lowest BCUT2D eigenvalue weighted by atomic mass is 10.1. The molecule has 0 fully saturated rings. The number of benzene rings is 2. The van der Waals surface area contributed by atoms with E-state index in [9.17, 15) is 0 Å². The quantitative estimate of drug-likeness (QED) is 0.430. The molecule has 4 aromatic rings. The second-order valence-corrected chi connectivity index (χ2v) is 3.91. The van der Waals surface area contributed by atoms with E-state index < -0.39 is 0 Å². The number of furan rings is 2. The normalized spacial score (nSPS) is 11.8. The average molecular weight is 208 g/mol. The van der Waals surface area contributed by atoms with Crippen molar-refractivity contribution in [2.45, 2.75) is 0 Å². The fraction of sp³-hybridized carbons (Fsp3) is 0. The van der Waals surface area contributed by atoms with E-state index in [1.165, 1.54) is 0 Å². The minimum absolute atomic E-state index is 0.901. The maximum atomic E-state index is 5.55. The summed E-state index contributed by atoms with van der Waals surface area (Å²) < 4.78 is 11.1. The summed E-state index contributed by atoms with van der Waals surface area (Å²) in [6.07, 6.45) is 3.43. The van der Waals surface area contributed by atoms with Crippen LogP contribution in [0.2, 0.25) is 0 Å². The molecule has 0 atom stereocenters. The summed E-state index contributed by atoms with van der Waals surface area (Å²) in [6, 6.07) is 12.3. The summed E-state index contributed by atoms with van der Waals surface area (Å²) in [7, 11) is 0. The van der Waals surface area contributed by atoms with Crippen LogP contribution in [0.3, 0.4) is 0 Å². The SMILES string of the molecule is c1cc2ccc3ccc4ccoc4c3c2o1. The molecule has 0 unspecified atom stereocenters. The van der Waals surface area contributed by atoms with Crippen molar-refractivity contribution in [3.05, 3.63) is 48.9 Å². The van der Waals surface area contributed by atoms with Crippen LogP contribution in [-0.4, -0.2) is 0 Å². The lowest BCUT2D eigenvalue weighted by Gasteiger charge is -1.99. The number of fused-ring (bicyclic) bond motifs is 5. The third-order valence-corrected chi connectivity index (χ3v) is 3.02. The van der Waals surface area contributed by atoms with Crippen LogP contribution in [0.1, 0.15) is 0 Å². The second kappa shape index (κ2) is 2.67. The third-order valence-electron chi connectivity index (χ3n) is 3.02. The van der Waals surface area contributed by atoms with Gasteiger partial charge in [-0.25, -0.2) is 0 Å². The highest BCUT2D eigenvalue weighted by Crippen LogP contribution is 2.32. The van der Waals surface area contributed by atoms with Crippen LogP contribution in [0.5, 0.6) is 0 Å². The Hall–Kier alpha value is -2.22. The lowest BCUT2D eigenvalue weighted by molar-refractivity contribution is 0.610. The van der Waals surface area contributed by atoms with Gasteiger partial charge in [0.05, 0.1) is 17.9 Å². The van der Waals surface area contributed by atoms with E-state index in [-0.39, 0.29) is 0 Å². The summed E-state index contributed by atoms with van der Waals surface area (Å²) >= 11 is 0. The van der Waals surface area contributed by atoms with E-state index in [4.69, 9.17) is 8.83 Å². The van der Waals surface area contributed by atoms with Crippen molar-refractivity contribution in [2.75, 3.05) is 0 Å². The van der Waals surface area contributed by atoms with Crippen molar-refractivity contribution >= 4 is 32.7 Å². The third kappa shape index (κ3) is 0.865. The number of rotatable bonds is 0. The van der Waals surface area contributed by atoms with Crippen LogP contribution in [0, 0.1) is 0 Å². The highest BCUT2D eigenvalue weighted by atomic mass is 16.3. The minimum Gasteiger partial charge on any atom is -0.464 e. The monoisotopic (exact) mass is 208 g/mol. The fourth-order valence-electron chi connectivity index (χ4n) is 2.25. The van der Waals surface area contributed by atoms with Crippen molar-refractivity contribution in [1.82, 2.24) is 0 Å². The molecular formula is C14H8O2. The van der Waals surface area contributed by atoms with E-state index in [0.717, 1.165) is 32.7 Å². The first kappa shape index (κ1) is 7.99. The molecule has 0 spiro atoms. The lowest BCUT2D eigenvalue weighted by Crippen LogP contribution is -1.74. The maximum absolute atomic E-state index is 5.55. The van der Waals surface area contributed by atoms with Crippen molar-refractivity contribution < 1.29 is 8.83 Å². The summed E-state index contributed by atoms with van der Waals surface area (Å²) in [5, 5.41) is 4.42. The number of hydrogen-bond donors (Lipinski definition) is 0. The van der Waals surface area contributed by atoms with Gasteiger partial charge >= 0.3 is 0 Å². The van der Waals surface area contributed by atoms with E-state index in [1.807, 2.05) is 12.1 Å². The fourth-order valence-corrected chi connectivity index (χ4v) is 2.25. The molecule has 0 saturated carbocycles. The molecule has 2 aromatic heterocycles. The van der Waals surface area contributed by atoms with Gasteiger partial charge in [0.25, 0.3) is 0 Å². The van der Waals surface area contributed by atoms with Crippen LogP contribution in [-0.2, 0) is 0 Å². The zero-order chi connectivity index (χ0) is 10.5. The van der Waals surface area contributed by atoms with Crippen LogP contribution >= 0.6 is 0 Å². The molecular weight excluding hydrogens is 200 g/mol. The molecule has 2 heteroatoms. The minimum atomic E-state index is 0.901. The van der Waals surface area contributed by atoms with Gasteiger partial charge in [-0.1, -0.05) is 24.3 Å². The molecule has 2 heterocycles. The van der Waals surface area contributed by atoms with E-state index in [1.54, 1.807) is 12.5 Å². The van der Waals surface area contributed by atoms with Crippen molar-refractivity contribution in [1.29, 1.82) is 0 Å². The highest BCUT2D eigenvalue weighted by Gasteiger charge is 2.09. The van der Waals surface area contributed by atoms with Gasteiger partial charge in [-0.05, 0) is 17.5 Å². The second-order valence-electron chi connectivity index (χ2n) is 3.91. The van der Waals surface area contributed by atoms with Gasteiger partial charge in [-0.3, -0.25) is 0 Å². The average Bonchev–Trinajstić information content (AvgIpc) is 2.96. The van der Waals surface area contributed by atoms with Gasteiger partial charge in [-0.15, -0.1) is 0 Å². The Balaban J connectivity index is 2.44. The summed E-state index contributed by atoms with van der Waals surface area (Å²) in [5.41, 5.74) is 1.80. The van der Waals surface area contributed by atoms with Gasteiger partial charge < -0.3 is 8.83 Å². The van der Waals surface area contributed by atoms with Gasteiger partial charge in [0.1, 0.15) is 11.2 Å². The molecule has 0 bridgehead atoms. The molecule has 0 radical (unpaired) electrons. The molecule has 0 N–H and O–H groups in total. The van der Waals surface area contributed by atoms with E-state index in [2.05, 4.69) is 24.3 Å². The highest BCUT2D eigenvalue weighted by molar-refractivity contribution is 6.16. The topological polar surface area (TPSA) is 26.3 Å². The molecule has 0 aliphatic rings. The van der Waals surface area contributed by atoms with Gasteiger partial charge in [-0.2, -0.15) is 0 Å². The Kier molecular flexibility index (Phi) is 1.33. The first-order chi connectivity index (χ1) is 7.93. The zero-order valence-corrected chi connectivity index (χ0v) is 8.44. The Labute approximate surface area is 91.1 Å². The Bertz CT molecular complexity index is 740. The predicted molar refractivity (Wildman–Crippen MR) is 63.5 cm³/mol. The molecule has 0 aliphatic carbocycles. The van der Waals surface area contributed by atoms with E-state index >= 15 is 0 Å². The molecule has 76 valence electrons. The maximum Gasteiger partial charge on any atom is 0.145 e. The van der Waals surface area contributed by atoms with Crippen molar-refractivity contribution in [3.63, 3.8) is 0 Å². The van der Waals surface area contributed by atoms with Gasteiger partial charge in [0.2, 0.25) is 0 Å². The van der Waals surface area contributed by atoms with Crippen LogP contribution < -0.4 is 0 Å². The Morgan fingerprint density at radius 1 is 0.562 bits per heavy atom. The predicted octanol–water partition coefficient (Wildman–Crippen LogP) is 4.33. The Morgan fingerprint density at radius 3 is 1.62 bits per heavy atom. The van der Waals surface area contributed by atoms with Crippen LogP contribution in [0.25, 0.3) is 32.7 Å². The van der Waals surface area contributed by atoms with Crippen molar-refractivity contribution in [3.8, 4) is 0 Å². The van der Waals surface area contributed by atoms with Crippen LogP contribution in [0.15, 0.2) is 57.8 Å².